The summed E-state index contributed by atoms with van der Waals surface area (Å²) in [6.07, 6.45) is 0.428. The average molecular weight is 414 g/mol. The molecule has 8 heteroatoms. The third-order valence-corrected chi connectivity index (χ3v) is 5.35. The molecule has 3 rings (SSSR count). The number of amides is 1. The SMILES string of the molecule is CCOc1ccc(S(=O)(=O)NNC(=O)CCc2ccc(-c3ccccc3)o2)cc1. The summed E-state index contributed by atoms with van der Waals surface area (Å²) in [6.45, 7) is 2.33. The number of carbonyl (C=O) groups is 1. The highest BCUT2D eigenvalue weighted by Gasteiger charge is 2.15. The number of furan rings is 1. The maximum absolute atomic E-state index is 12.3. The van der Waals surface area contributed by atoms with Crippen LogP contribution in [0.3, 0.4) is 0 Å². The standard InChI is InChI=1S/C21H22N2O5S/c1-2-27-17-8-12-19(13-9-17)29(25,26)23-22-21(24)15-11-18-10-14-20(28-18)16-6-4-3-5-7-16/h3-10,12-14,23H,2,11,15H2,1H3,(H,22,24). The Balaban J connectivity index is 1.50. The molecule has 152 valence electrons. The molecular formula is C21H22N2O5S. The first-order chi connectivity index (χ1) is 14.0. The molecule has 0 aliphatic rings. The Morgan fingerprint density at radius 3 is 2.41 bits per heavy atom. The van der Waals surface area contributed by atoms with Gasteiger partial charge in [0, 0.05) is 18.4 Å². The van der Waals surface area contributed by atoms with Crippen molar-refractivity contribution in [1.82, 2.24) is 10.3 Å². The lowest BCUT2D eigenvalue weighted by Gasteiger charge is -2.09. The van der Waals surface area contributed by atoms with E-state index >= 15 is 0 Å². The third kappa shape index (κ3) is 5.69. The maximum atomic E-state index is 12.3. The van der Waals surface area contributed by atoms with Crippen molar-refractivity contribution in [2.75, 3.05) is 6.61 Å². The molecule has 0 aliphatic carbocycles. The van der Waals surface area contributed by atoms with Crippen molar-refractivity contribution in [2.24, 2.45) is 0 Å². The van der Waals surface area contributed by atoms with Crippen molar-refractivity contribution in [3.05, 3.63) is 72.5 Å². The van der Waals surface area contributed by atoms with Crippen LogP contribution in [0.2, 0.25) is 0 Å². The van der Waals surface area contributed by atoms with E-state index in [1.54, 1.807) is 18.2 Å². The minimum Gasteiger partial charge on any atom is -0.494 e. The summed E-state index contributed by atoms with van der Waals surface area (Å²) in [5, 5.41) is 0. The quantitative estimate of drug-likeness (QED) is 0.524. The van der Waals surface area contributed by atoms with Crippen LogP contribution in [-0.4, -0.2) is 20.9 Å². The second kappa shape index (κ2) is 9.40. The van der Waals surface area contributed by atoms with Gasteiger partial charge in [0.15, 0.2) is 0 Å². The van der Waals surface area contributed by atoms with Gasteiger partial charge in [-0.2, -0.15) is 0 Å². The van der Waals surface area contributed by atoms with Gasteiger partial charge in [0.2, 0.25) is 5.91 Å². The lowest BCUT2D eigenvalue weighted by Crippen LogP contribution is -2.41. The highest BCUT2D eigenvalue weighted by molar-refractivity contribution is 7.89. The van der Waals surface area contributed by atoms with Gasteiger partial charge in [-0.15, -0.1) is 4.83 Å². The van der Waals surface area contributed by atoms with E-state index in [2.05, 4.69) is 10.3 Å². The van der Waals surface area contributed by atoms with E-state index < -0.39 is 15.9 Å². The fourth-order valence-corrected chi connectivity index (χ4v) is 3.49. The van der Waals surface area contributed by atoms with Crippen LogP contribution in [0.15, 0.2) is 76.0 Å². The predicted molar refractivity (Wildman–Crippen MR) is 109 cm³/mol. The molecule has 2 aromatic carbocycles. The molecule has 7 nitrogen and oxygen atoms in total. The van der Waals surface area contributed by atoms with Gasteiger partial charge < -0.3 is 9.15 Å². The summed E-state index contributed by atoms with van der Waals surface area (Å²) in [5.41, 5.74) is 3.17. The van der Waals surface area contributed by atoms with Crippen LogP contribution in [-0.2, 0) is 21.2 Å². The number of benzene rings is 2. The van der Waals surface area contributed by atoms with Crippen molar-refractivity contribution >= 4 is 15.9 Å². The predicted octanol–water partition coefficient (Wildman–Crippen LogP) is 3.29. The van der Waals surface area contributed by atoms with E-state index in [1.165, 1.54) is 12.1 Å². The Labute approximate surface area is 169 Å². The Morgan fingerprint density at radius 2 is 1.72 bits per heavy atom. The molecular weight excluding hydrogens is 392 g/mol. The Bertz CT molecular complexity index is 1040. The molecule has 0 aliphatic heterocycles. The summed E-state index contributed by atoms with van der Waals surface area (Å²) < 4.78 is 35.5. The van der Waals surface area contributed by atoms with Gasteiger partial charge in [-0.1, -0.05) is 30.3 Å². The lowest BCUT2D eigenvalue weighted by molar-refractivity contribution is -0.121. The monoisotopic (exact) mass is 414 g/mol. The molecule has 0 unspecified atom stereocenters. The van der Waals surface area contributed by atoms with Crippen molar-refractivity contribution in [2.45, 2.75) is 24.7 Å². The molecule has 0 fully saturated rings. The van der Waals surface area contributed by atoms with E-state index in [9.17, 15) is 13.2 Å². The Morgan fingerprint density at radius 1 is 1.00 bits per heavy atom. The minimum absolute atomic E-state index is 0.0276. The number of hydrogen-bond acceptors (Lipinski definition) is 5. The second-order valence-corrected chi connectivity index (χ2v) is 7.87. The minimum atomic E-state index is -3.86. The Kier molecular flexibility index (Phi) is 6.69. The van der Waals surface area contributed by atoms with Gasteiger partial charge >= 0.3 is 0 Å². The fourth-order valence-electron chi connectivity index (χ4n) is 2.63. The summed E-state index contributed by atoms with van der Waals surface area (Å²) in [7, 11) is -3.86. The first-order valence-corrected chi connectivity index (χ1v) is 10.6. The van der Waals surface area contributed by atoms with E-state index in [1.807, 2.05) is 43.3 Å². The number of aryl methyl sites for hydroxylation is 1. The molecule has 0 saturated heterocycles. The highest BCUT2D eigenvalue weighted by atomic mass is 32.2. The first-order valence-electron chi connectivity index (χ1n) is 9.15. The second-order valence-electron chi connectivity index (χ2n) is 6.19. The zero-order valence-corrected chi connectivity index (χ0v) is 16.7. The number of ether oxygens (including phenoxy) is 1. The van der Waals surface area contributed by atoms with Gasteiger partial charge in [-0.25, -0.2) is 8.42 Å². The molecule has 0 spiro atoms. The van der Waals surface area contributed by atoms with Crippen LogP contribution in [0.5, 0.6) is 5.75 Å². The van der Waals surface area contributed by atoms with E-state index in [4.69, 9.17) is 9.15 Å². The van der Waals surface area contributed by atoms with Gasteiger partial charge in [0.05, 0.1) is 11.5 Å². The van der Waals surface area contributed by atoms with Crippen LogP contribution in [0.4, 0.5) is 0 Å². The van der Waals surface area contributed by atoms with Crippen LogP contribution in [0.25, 0.3) is 11.3 Å². The van der Waals surface area contributed by atoms with Crippen molar-refractivity contribution < 1.29 is 22.4 Å². The third-order valence-electron chi connectivity index (χ3n) is 4.09. The summed E-state index contributed by atoms with van der Waals surface area (Å²) in [6, 6.07) is 19.2. The number of hydrogen-bond donors (Lipinski definition) is 2. The summed E-state index contributed by atoms with van der Waals surface area (Å²) >= 11 is 0. The van der Waals surface area contributed by atoms with Gasteiger partial charge in [-0.3, -0.25) is 10.2 Å². The average Bonchev–Trinajstić information content (AvgIpc) is 3.21. The van der Waals surface area contributed by atoms with Gasteiger partial charge in [0.1, 0.15) is 17.3 Å². The molecule has 1 aromatic heterocycles. The molecule has 0 radical (unpaired) electrons. The molecule has 3 aromatic rings. The number of nitrogens with one attached hydrogen (secondary N) is 2. The number of hydrazine groups is 1. The number of sulfonamides is 1. The van der Waals surface area contributed by atoms with Crippen LogP contribution in [0.1, 0.15) is 19.1 Å². The van der Waals surface area contributed by atoms with Crippen LogP contribution < -0.4 is 15.0 Å². The Hall–Kier alpha value is -3.10. The highest BCUT2D eigenvalue weighted by Crippen LogP contribution is 2.22. The van der Waals surface area contributed by atoms with Crippen molar-refractivity contribution in [3.8, 4) is 17.1 Å². The van der Waals surface area contributed by atoms with E-state index in [-0.39, 0.29) is 11.3 Å². The fraction of sp³-hybridized carbons (Fsp3) is 0.190. The number of carbonyl (C=O) groups excluding carboxylic acids is 1. The summed E-state index contributed by atoms with van der Waals surface area (Å²) in [5.74, 6) is 1.48. The molecule has 1 amide bonds. The topological polar surface area (TPSA) is 97.6 Å². The van der Waals surface area contributed by atoms with Crippen LogP contribution >= 0.6 is 0 Å². The molecule has 29 heavy (non-hydrogen) atoms. The smallest absolute Gasteiger partial charge is 0.257 e. The number of rotatable bonds is 9. The van der Waals surface area contributed by atoms with Crippen LogP contribution in [0, 0.1) is 0 Å². The van der Waals surface area contributed by atoms with Gasteiger partial charge in [-0.05, 0) is 43.3 Å². The summed E-state index contributed by atoms with van der Waals surface area (Å²) in [4.78, 5) is 14.1. The molecule has 0 bridgehead atoms. The molecule has 1 heterocycles. The van der Waals surface area contributed by atoms with Gasteiger partial charge in [0.25, 0.3) is 10.0 Å². The first kappa shape index (κ1) is 20.6. The van der Waals surface area contributed by atoms with E-state index in [0.717, 1.165) is 11.3 Å². The zero-order valence-electron chi connectivity index (χ0n) is 15.9. The lowest BCUT2D eigenvalue weighted by atomic mass is 10.2. The molecule has 0 saturated carbocycles. The molecule has 2 N–H and O–H groups in total. The largest absolute Gasteiger partial charge is 0.494 e. The zero-order chi connectivity index (χ0) is 20.7. The van der Waals surface area contributed by atoms with Crippen molar-refractivity contribution in [3.63, 3.8) is 0 Å². The normalized spacial score (nSPS) is 11.2. The van der Waals surface area contributed by atoms with Crippen molar-refractivity contribution in [1.29, 1.82) is 0 Å². The van der Waals surface area contributed by atoms with E-state index in [0.29, 0.717) is 24.5 Å². The molecule has 0 atom stereocenters. The maximum Gasteiger partial charge on any atom is 0.257 e.